The van der Waals surface area contributed by atoms with Gasteiger partial charge < -0.3 is 15.2 Å². The predicted octanol–water partition coefficient (Wildman–Crippen LogP) is 2.92. The summed E-state index contributed by atoms with van der Waals surface area (Å²) in [5.74, 6) is 0.132. The van der Waals surface area contributed by atoms with Gasteiger partial charge in [0.15, 0.2) is 0 Å². The number of aryl methyl sites for hydroxylation is 1. The monoisotopic (exact) mass is 345 g/mol. The van der Waals surface area contributed by atoms with Crippen LogP contribution in [0.5, 0.6) is 5.88 Å². The van der Waals surface area contributed by atoms with Crippen molar-refractivity contribution in [2.75, 3.05) is 14.2 Å². The molecule has 7 heteroatoms. The van der Waals surface area contributed by atoms with Crippen molar-refractivity contribution in [1.82, 2.24) is 9.97 Å². The van der Waals surface area contributed by atoms with Crippen molar-refractivity contribution in [3.63, 3.8) is 0 Å². The van der Waals surface area contributed by atoms with E-state index in [1.165, 1.54) is 18.4 Å². The Morgan fingerprint density at radius 1 is 1.38 bits per heavy atom. The summed E-state index contributed by atoms with van der Waals surface area (Å²) in [6.45, 7) is 1.95. The minimum Gasteiger partial charge on any atom is -0.480 e. The Hall–Kier alpha value is -2.25. The fraction of sp³-hybridized carbons (Fsp3) is 0.353. The molecule has 0 aliphatic heterocycles. The third kappa shape index (κ3) is 2.92. The molecule has 2 N–H and O–H groups in total. The number of rotatable bonds is 5. The minimum atomic E-state index is -0.328. The zero-order chi connectivity index (χ0) is 17.3. The first kappa shape index (κ1) is 16.6. The highest BCUT2D eigenvalue weighted by molar-refractivity contribution is 7.21. The predicted molar refractivity (Wildman–Crippen MR) is 94.8 cm³/mol. The molecule has 0 radical (unpaired) electrons. The summed E-state index contributed by atoms with van der Waals surface area (Å²) in [6, 6.07) is 3.89. The minimum absolute atomic E-state index is 0.0478. The van der Waals surface area contributed by atoms with E-state index in [-0.39, 0.29) is 12.0 Å². The van der Waals surface area contributed by atoms with Crippen LogP contribution in [0, 0.1) is 0 Å². The van der Waals surface area contributed by atoms with Crippen LogP contribution in [0.25, 0.3) is 21.1 Å². The maximum atomic E-state index is 12.2. The molecule has 6 nitrogen and oxygen atoms in total. The Labute approximate surface area is 143 Å². The lowest BCUT2D eigenvalue weighted by atomic mass is 10.0. The average Bonchev–Trinajstić information content (AvgIpc) is 2.97. The molecule has 0 saturated heterocycles. The summed E-state index contributed by atoms with van der Waals surface area (Å²) in [4.78, 5) is 21.7. The molecular weight excluding hydrogens is 326 g/mol. The van der Waals surface area contributed by atoms with Gasteiger partial charge >= 0.3 is 5.97 Å². The van der Waals surface area contributed by atoms with Crippen LogP contribution in [-0.4, -0.2) is 36.2 Å². The van der Waals surface area contributed by atoms with Crippen LogP contribution in [0.1, 0.15) is 28.6 Å². The van der Waals surface area contributed by atoms with Gasteiger partial charge in [0.2, 0.25) is 5.88 Å². The molecular formula is C17H19N3O3S. The van der Waals surface area contributed by atoms with E-state index in [2.05, 4.69) is 9.97 Å². The largest absolute Gasteiger partial charge is 0.480 e. The van der Waals surface area contributed by atoms with E-state index in [4.69, 9.17) is 15.2 Å². The van der Waals surface area contributed by atoms with Crippen molar-refractivity contribution in [1.29, 1.82) is 0 Å². The average molecular weight is 345 g/mol. The highest BCUT2D eigenvalue weighted by Gasteiger charge is 2.21. The van der Waals surface area contributed by atoms with E-state index in [1.807, 2.05) is 19.1 Å². The Morgan fingerprint density at radius 2 is 2.17 bits per heavy atom. The van der Waals surface area contributed by atoms with Gasteiger partial charge in [-0.3, -0.25) is 0 Å². The van der Waals surface area contributed by atoms with E-state index < -0.39 is 0 Å². The SMILES string of the molecule is COC(=O)c1sc2ccc3nc(OC)cnc3c2c1CC[C@@H](C)N. The molecule has 2 heterocycles. The van der Waals surface area contributed by atoms with Gasteiger partial charge in [0.1, 0.15) is 4.88 Å². The van der Waals surface area contributed by atoms with Gasteiger partial charge in [-0.15, -0.1) is 11.3 Å². The van der Waals surface area contributed by atoms with Crippen LogP contribution in [0.2, 0.25) is 0 Å². The number of hydrogen-bond donors (Lipinski definition) is 1. The molecule has 0 fully saturated rings. The second-order valence-electron chi connectivity index (χ2n) is 5.64. The van der Waals surface area contributed by atoms with Gasteiger partial charge in [0, 0.05) is 16.1 Å². The lowest BCUT2D eigenvalue weighted by molar-refractivity contribution is 0.0605. The van der Waals surface area contributed by atoms with Crippen LogP contribution >= 0.6 is 11.3 Å². The van der Waals surface area contributed by atoms with Crippen molar-refractivity contribution >= 4 is 38.4 Å². The molecule has 0 bridgehead atoms. The Bertz CT molecular complexity index is 905. The normalized spacial score (nSPS) is 12.5. The van der Waals surface area contributed by atoms with Crippen LogP contribution in [0.4, 0.5) is 0 Å². The first-order chi connectivity index (χ1) is 11.5. The van der Waals surface area contributed by atoms with Crippen molar-refractivity contribution < 1.29 is 14.3 Å². The van der Waals surface area contributed by atoms with Crippen LogP contribution in [-0.2, 0) is 11.2 Å². The molecule has 3 aromatic rings. The number of carbonyl (C=O) groups excluding carboxylic acids is 1. The fourth-order valence-electron chi connectivity index (χ4n) is 2.68. The van der Waals surface area contributed by atoms with Crippen molar-refractivity contribution in [2.24, 2.45) is 5.73 Å². The highest BCUT2D eigenvalue weighted by atomic mass is 32.1. The first-order valence-electron chi connectivity index (χ1n) is 7.64. The molecule has 0 amide bonds. The van der Waals surface area contributed by atoms with E-state index in [0.29, 0.717) is 17.2 Å². The third-order valence-electron chi connectivity index (χ3n) is 3.87. The molecule has 2 aromatic heterocycles. The Balaban J connectivity index is 2.27. The number of carbonyl (C=O) groups is 1. The van der Waals surface area contributed by atoms with Gasteiger partial charge in [0.05, 0.1) is 31.4 Å². The number of aromatic nitrogens is 2. The number of nitrogens with zero attached hydrogens (tertiary/aromatic N) is 2. The maximum absolute atomic E-state index is 12.2. The zero-order valence-corrected chi connectivity index (χ0v) is 14.6. The standard InChI is InChI=1S/C17H19N3O3S/c1-9(18)4-5-10-14-12(24-16(10)17(21)23-3)7-6-11-15(14)19-8-13(20-11)22-2/h6-9H,4-5,18H2,1-3H3/t9-/m1/s1. The van der Waals surface area contributed by atoms with E-state index in [9.17, 15) is 4.79 Å². The summed E-state index contributed by atoms with van der Waals surface area (Å²) < 4.78 is 11.1. The second-order valence-corrected chi connectivity index (χ2v) is 6.69. The van der Waals surface area contributed by atoms with E-state index in [0.717, 1.165) is 33.1 Å². The maximum Gasteiger partial charge on any atom is 0.348 e. The molecule has 0 aliphatic carbocycles. The highest BCUT2D eigenvalue weighted by Crippen LogP contribution is 2.37. The lowest BCUT2D eigenvalue weighted by Crippen LogP contribution is -2.16. The summed E-state index contributed by atoms with van der Waals surface area (Å²) in [7, 11) is 2.95. The van der Waals surface area contributed by atoms with Crippen LogP contribution in [0.15, 0.2) is 18.3 Å². The quantitative estimate of drug-likeness (QED) is 0.715. The third-order valence-corrected chi connectivity index (χ3v) is 5.05. The molecule has 1 atom stereocenters. The summed E-state index contributed by atoms with van der Waals surface area (Å²) in [5.41, 5.74) is 8.34. The number of nitrogens with two attached hydrogens (primary N) is 1. The Kier molecular flexibility index (Phi) is 4.64. The molecule has 0 spiro atoms. The van der Waals surface area contributed by atoms with Gasteiger partial charge in [-0.1, -0.05) is 0 Å². The van der Waals surface area contributed by atoms with Gasteiger partial charge in [-0.25, -0.2) is 14.8 Å². The number of ether oxygens (including phenoxy) is 2. The fourth-order valence-corrected chi connectivity index (χ4v) is 3.85. The first-order valence-corrected chi connectivity index (χ1v) is 8.45. The van der Waals surface area contributed by atoms with E-state index in [1.54, 1.807) is 13.3 Å². The summed E-state index contributed by atoms with van der Waals surface area (Å²) in [6.07, 6.45) is 3.05. The topological polar surface area (TPSA) is 87.3 Å². The number of thiophene rings is 1. The number of fused-ring (bicyclic) bond motifs is 3. The molecule has 0 unspecified atom stereocenters. The molecule has 0 saturated carbocycles. The van der Waals surface area contributed by atoms with Crippen molar-refractivity contribution in [3.8, 4) is 5.88 Å². The van der Waals surface area contributed by atoms with Crippen molar-refractivity contribution in [3.05, 3.63) is 28.8 Å². The molecule has 3 rings (SSSR count). The summed E-state index contributed by atoms with van der Waals surface area (Å²) >= 11 is 1.42. The summed E-state index contributed by atoms with van der Waals surface area (Å²) in [5, 5.41) is 0.953. The zero-order valence-electron chi connectivity index (χ0n) is 13.8. The van der Waals surface area contributed by atoms with Gasteiger partial charge in [-0.05, 0) is 37.5 Å². The lowest BCUT2D eigenvalue weighted by Gasteiger charge is -2.08. The van der Waals surface area contributed by atoms with Gasteiger partial charge in [-0.2, -0.15) is 0 Å². The second kappa shape index (κ2) is 6.70. The number of methoxy groups -OCH3 is 2. The van der Waals surface area contributed by atoms with Gasteiger partial charge in [0.25, 0.3) is 0 Å². The van der Waals surface area contributed by atoms with Crippen molar-refractivity contribution in [2.45, 2.75) is 25.8 Å². The smallest absolute Gasteiger partial charge is 0.348 e. The number of benzene rings is 1. The molecule has 1 aromatic carbocycles. The molecule has 24 heavy (non-hydrogen) atoms. The number of hydrogen-bond acceptors (Lipinski definition) is 7. The molecule has 0 aliphatic rings. The Morgan fingerprint density at radius 3 is 2.83 bits per heavy atom. The van der Waals surface area contributed by atoms with Crippen LogP contribution in [0.3, 0.4) is 0 Å². The van der Waals surface area contributed by atoms with E-state index >= 15 is 0 Å². The van der Waals surface area contributed by atoms with Crippen LogP contribution < -0.4 is 10.5 Å². The molecule has 126 valence electrons. The number of esters is 1.